The summed E-state index contributed by atoms with van der Waals surface area (Å²) in [5.41, 5.74) is 2.60. The van der Waals surface area contributed by atoms with E-state index in [2.05, 4.69) is 15.0 Å². The molecule has 4 aromatic rings. The Morgan fingerprint density at radius 1 is 1.00 bits per heavy atom. The van der Waals surface area contributed by atoms with Crippen LogP contribution in [0.25, 0.3) is 17.3 Å². The number of allylic oxidation sites excluding steroid dienone is 1. The van der Waals surface area contributed by atoms with Crippen LogP contribution in [0, 0.1) is 0 Å². The second kappa shape index (κ2) is 7.50. The summed E-state index contributed by atoms with van der Waals surface area (Å²) in [7, 11) is 0. The maximum atomic E-state index is 11.0. The fraction of sp³-hybridized carbons (Fsp3) is 0. The van der Waals surface area contributed by atoms with Crippen LogP contribution in [0.4, 0.5) is 5.82 Å². The molecule has 7 heteroatoms. The molecule has 2 aromatic carbocycles. The molecule has 0 saturated heterocycles. The third kappa shape index (κ3) is 3.33. The molecular formula is C23H15ClN4O2. The number of para-hydroxylation sites is 2. The Morgan fingerprint density at radius 2 is 1.73 bits per heavy atom. The molecule has 0 fully saturated rings. The summed E-state index contributed by atoms with van der Waals surface area (Å²) in [6.07, 6.45) is 4.96. The van der Waals surface area contributed by atoms with Gasteiger partial charge in [0.1, 0.15) is 11.4 Å². The van der Waals surface area contributed by atoms with Crippen molar-refractivity contribution in [1.82, 2.24) is 14.5 Å². The van der Waals surface area contributed by atoms with Crippen molar-refractivity contribution in [3.05, 3.63) is 89.2 Å². The SMILES string of the molecule is Oc1c(/C=C2/C=Nc3ncc(Cl)cc32)nc(Oc2ccccc2)n1-c1ccccc1. The van der Waals surface area contributed by atoms with Crippen molar-refractivity contribution in [3.63, 3.8) is 0 Å². The lowest BCUT2D eigenvalue weighted by molar-refractivity contribution is 0.403. The lowest BCUT2D eigenvalue weighted by Crippen LogP contribution is -1.97. The standard InChI is InChI=1S/C23H15ClN4O2/c24-16-12-19-15(13-25-21(19)26-14-16)11-20-22(29)28(17-7-3-1-4-8-17)23(27-20)30-18-9-5-2-6-10-18/h1-14,29H/b15-11-. The maximum Gasteiger partial charge on any atom is 0.310 e. The summed E-state index contributed by atoms with van der Waals surface area (Å²) in [6, 6.07) is 20.7. The number of imidazole rings is 1. The van der Waals surface area contributed by atoms with Crippen molar-refractivity contribution >= 4 is 35.3 Å². The molecule has 0 aliphatic carbocycles. The van der Waals surface area contributed by atoms with Crippen LogP contribution < -0.4 is 4.74 Å². The van der Waals surface area contributed by atoms with Crippen LogP contribution in [0.5, 0.6) is 17.6 Å². The van der Waals surface area contributed by atoms with Crippen molar-refractivity contribution < 1.29 is 9.84 Å². The van der Waals surface area contributed by atoms with E-state index in [1.54, 1.807) is 29.1 Å². The van der Waals surface area contributed by atoms with Gasteiger partial charge in [-0.15, -0.1) is 0 Å². The van der Waals surface area contributed by atoms with E-state index in [-0.39, 0.29) is 11.9 Å². The van der Waals surface area contributed by atoms with E-state index < -0.39 is 0 Å². The molecule has 1 N–H and O–H groups in total. The van der Waals surface area contributed by atoms with Gasteiger partial charge < -0.3 is 9.84 Å². The van der Waals surface area contributed by atoms with Gasteiger partial charge in [0.2, 0.25) is 5.88 Å². The minimum atomic E-state index is -0.0449. The van der Waals surface area contributed by atoms with E-state index in [4.69, 9.17) is 16.3 Å². The van der Waals surface area contributed by atoms with Crippen molar-refractivity contribution in [2.45, 2.75) is 0 Å². The summed E-state index contributed by atoms with van der Waals surface area (Å²) >= 11 is 6.09. The predicted octanol–water partition coefficient (Wildman–Crippen LogP) is 5.68. The molecule has 0 unspecified atom stereocenters. The molecule has 1 aliphatic heterocycles. The zero-order valence-corrected chi connectivity index (χ0v) is 16.4. The molecule has 3 heterocycles. The van der Waals surface area contributed by atoms with Gasteiger partial charge in [0, 0.05) is 23.5 Å². The van der Waals surface area contributed by atoms with Gasteiger partial charge in [-0.05, 0) is 36.4 Å². The highest BCUT2D eigenvalue weighted by atomic mass is 35.5. The number of ether oxygens (including phenoxy) is 1. The summed E-state index contributed by atoms with van der Waals surface area (Å²) in [5, 5.41) is 11.5. The molecule has 146 valence electrons. The first-order valence-corrected chi connectivity index (χ1v) is 9.58. The Kier molecular flexibility index (Phi) is 4.53. The number of hydrogen-bond acceptors (Lipinski definition) is 5. The number of fused-ring (bicyclic) bond motifs is 1. The first-order valence-electron chi connectivity index (χ1n) is 9.21. The fourth-order valence-electron chi connectivity index (χ4n) is 3.19. The zero-order chi connectivity index (χ0) is 20.5. The third-order valence-corrected chi connectivity index (χ3v) is 4.78. The van der Waals surface area contributed by atoms with Crippen molar-refractivity contribution in [3.8, 4) is 23.3 Å². The average molecular weight is 415 g/mol. The number of hydrogen-bond donors (Lipinski definition) is 1. The van der Waals surface area contributed by atoms with E-state index >= 15 is 0 Å². The fourth-order valence-corrected chi connectivity index (χ4v) is 3.35. The lowest BCUT2D eigenvalue weighted by Gasteiger charge is -2.09. The summed E-state index contributed by atoms with van der Waals surface area (Å²) in [6.45, 7) is 0. The summed E-state index contributed by atoms with van der Waals surface area (Å²) < 4.78 is 7.53. The van der Waals surface area contributed by atoms with Gasteiger partial charge in [-0.1, -0.05) is 48.0 Å². The Balaban J connectivity index is 1.62. The first-order chi connectivity index (χ1) is 14.7. The molecule has 6 nitrogen and oxygen atoms in total. The van der Waals surface area contributed by atoms with Crippen molar-refractivity contribution in [1.29, 1.82) is 0 Å². The van der Waals surface area contributed by atoms with Gasteiger partial charge >= 0.3 is 6.01 Å². The molecule has 0 spiro atoms. The highest BCUT2D eigenvalue weighted by Crippen LogP contribution is 2.36. The number of benzene rings is 2. The van der Waals surface area contributed by atoms with Gasteiger partial charge in [-0.25, -0.2) is 14.5 Å². The van der Waals surface area contributed by atoms with Crippen LogP contribution in [0.2, 0.25) is 5.02 Å². The van der Waals surface area contributed by atoms with Gasteiger partial charge in [0.25, 0.3) is 0 Å². The second-order valence-corrected chi connectivity index (χ2v) is 7.01. The average Bonchev–Trinajstić information content (AvgIpc) is 3.30. The minimum absolute atomic E-state index is 0.0449. The molecule has 0 amide bonds. The molecule has 0 saturated carbocycles. The molecule has 30 heavy (non-hydrogen) atoms. The van der Waals surface area contributed by atoms with Gasteiger partial charge in [-0.3, -0.25) is 0 Å². The number of rotatable bonds is 4. The normalized spacial score (nSPS) is 13.6. The number of aromatic hydroxyl groups is 1. The molecule has 2 aromatic heterocycles. The summed E-state index contributed by atoms with van der Waals surface area (Å²) in [4.78, 5) is 13.0. The number of halogens is 1. The van der Waals surface area contributed by atoms with E-state index in [0.717, 1.165) is 16.8 Å². The highest BCUT2D eigenvalue weighted by molar-refractivity contribution is 6.31. The van der Waals surface area contributed by atoms with Crippen LogP contribution in [0.1, 0.15) is 11.3 Å². The Morgan fingerprint density at radius 3 is 2.50 bits per heavy atom. The van der Waals surface area contributed by atoms with E-state index in [0.29, 0.717) is 22.3 Å². The molecule has 0 bridgehead atoms. The molecule has 0 radical (unpaired) electrons. The number of aliphatic imine (C=N–C) groups is 1. The van der Waals surface area contributed by atoms with Gasteiger partial charge in [-0.2, -0.15) is 4.98 Å². The Hall–Kier alpha value is -3.90. The van der Waals surface area contributed by atoms with Crippen LogP contribution in [0.3, 0.4) is 0 Å². The van der Waals surface area contributed by atoms with Crippen molar-refractivity contribution in [2.75, 3.05) is 0 Å². The van der Waals surface area contributed by atoms with E-state index in [1.807, 2.05) is 60.7 Å². The lowest BCUT2D eigenvalue weighted by atomic mass is 10.1. The van der Waals surface area contributed by atoms with Crippen molar-refractivity contribution in [2.24, 2.45) is 4.99 Å². The zero-order valence-electron chi connectivity index (χ0n) is 15.6. The smallest absolute Gasteiger partial charge is 0.310 e. The maximum absolute atomic E-state index is 11.0. The van der Waals surface area contributed by atoms with Gasteiger partial charge in [0.15, 0.2) is 5.82 Å². The van der Waals surface area contributed by atoms with Crippen LogP contribution in [0.15, 0.2) is 77.9 Å². The van der Waals surface area contributed by atoms with E-state index in [1.165, 1.54) is 0 Å². The highest BCUT2D eigenvalue weighted by Gasteiger charge is 2.21. The largest absolute Gasteiger partial charge is 0.493 e. The quantitative estimate of drug-likeness (QED) is 0.466. The number of nitrogens with zero attached hydrogens (tertiary/aromatic N) is 4. The number of aromatic nitrogens is 3. The topological polar surface area (TPSA) is 72.5 Å². The summed E-state index contributed by atoms with van der Waals surface area (Å²) in [5.74, 6) is 1.15. The van der Waals surface area contributed by atoms with Gasteiger partial charge in [0.05, 0.1) is 10.7 Å². The Bertz CT molecular complexity index is 1280. The predicted molar refractivity (Wildman–Crippen MR) is 117 cm³/mol. The minimum Gasteiger partial charge on any atom is -0.493 e. The van der Waals surface area contributed by atoms with Crippen LogP contribution in [-0.4, -0.2) is 25.9 Å². The number of pyridine rings is 1. The third-order valence-electron chi connectivity index (χ3n) is 4.58. The van der Waals surface area contributed by atoms with Crippen LogP contribution >= 0.6 is 11.6 Å². The second-order valence-electron chi connectivity index (χ2n) is 6.57. The molecular weight excluding hydrogens is 400 g/mol. The Labute approximate surface area is 177 Å². The van der Waals surface area contributed by atoms with E-state index in [9.17, 15) is 5.11 Å². The monoisotopic (exact) mass is 414 g/mol. The molecule has 0 atom stereocenters. The molecule has 5 rings (SSSR count). The first kappa shape index (κ1) is 18.1. The molecule has 1 aliphatic rings. The van der Waals surface area contributed by atoms with Crippen LogP contribution in [-0.2, 0) is 0 Å².